The van der Waals surface area contributed by atoms with Crippen molar-refractivity contribution in [1.29, 1.82) is 0 Å². The number of hydrazine groups is 1. The molecule has 0 aliphatic rings. The van der Waals surface area contributed by atoms with Crippen molar-refractivity contribution in [2.24, 2.45) is 16.8 Å². The summed E-state index contributed by atoms with van der Waals surface area (Å²) in [7, 11) is 0. The molecule has 0 saturated carbocycles. The zero-order valence-corrected chi connectivity index (χ0v) is 9.77. The molecule has 84 valence electrons. The predicted molar refractivity (Wildman–Crippen MR) is 65.6 cm³/mol. The van der Waals surface area contributed by atoms with E-state index in [2.05, 4.69) is 15.5 Å². The van der Waals surface area contributed by atoms with Crippen LogP contribution in [0, 0.1) is 6.92 Å². The summed E-state index contributed by atoms with van der Waals surface area (Å²) >= 11 is 1.72. The van der Waals surface area contributed by atoms with E-state index in [1.165, 1.54) is 0 Å². The number of aromatic nitrogens is 1. The molecule has 1 atom stereocenters. The second-order valence-corrected chi connectivity index (χ2v) is 4.17. The van der Waals surface area contributed by atoms with Gasteiger partial charge in [0.2, 0.25) is 0 Å². The summed E-state index contributed by atoms with van der Waals surface area (Å²) in [5.41, 5.74) is 4.72. The van der Waals surface area contributed by atoms with E-state index >= 15 is 0 Å². The van der Waals surface area contributed by atoms with Crippen LogP contribution in [0.4, 0.5) is 0 Å². The van der Waals surface area contributed by atoms with E-state index in [9.17, 15) is 0 Å². The number of nitrogens with one attached hydrogen (secondary N) is 2. The molecular weight excluding hydrogens is 210 g/mol. The molecule has 1 heterocycles. The largest absolute Gasteiger partial charge is 0.362 e. The molecule has 0 spiro atoms. The summed E-state index contributed by atoms with van der Waals surface area (Å²) in [4.78, 5) is 3.26. The standard InChI is InChI=1S/C9H17N5S/c1-6-3-4-8(12-6)7(5-15-2)9(13-10)14-11/h3-4,7,12H,5,10-11H2,1-2H3,(H,13,14). The molecule has 1 unspecified atom stereocenters. The summed E-state index contributed by atoms with van der Waals surface area (Å²) < 4.78 is 0. The van der Waals surface area contributed by atoms with Crippen LogP contribution in [0.3, 0.4) is 0 Å². The molecule has 0 aliphatic carbocycles. The van der Waals surface area contributed by atoms with Crippen molar-refractivity contribution >= 4 is 17.6 Å². The van der Waals surface area contributed by atoms with Crippen molar-refractivity contribution < 1.29 is 0 Å². The van der Waals surface area contributed by atoms with Crippen molar-refractivity contribution in [2.45, 2.75) is 12.8 Å². The van der Waals surface area contributed by atoms with Gasteiger partial charge in [0.05, 0.1) is 5.92 Å². The molecule has 5 nitrogen and oxygen atoms in total. The second-order valence-electron chi connectivity index (χ2n) is 3.26. The van der Waals surface area contributed by atoms with E-state index in [0.717, 1.165) is 17.1 Å². The highest BCUT2D eigenvalue weighted by Gasteiger charge is 2.18. The number of nitrogens with zero attached hydrogens (tertiary/aromatic N) is 1. The molecule has 0 saturated heterocycles. The SMILES string of the molecule is CSCC(/C(=N/N)NN)c1ccc(C)[nH]1. The third-order valence-electron chi connectivity index (χ3n) is 2.18. The summed E-state index contributed by atoms with van der Waals surface area (Å²) in [6.45, 7) is 2.01. The highest BCUT2D eigenvalue weighted by Crippen LogP contribution is 2.19. The number of hydrogen-bond donors (Lipinski definition) is 4. The van der Waals surface area contributed by atoms with Crippen LogP contribution >= 0.6 is 11.8 Å². The van der Waals surface area contributed by atoms with Crippen LogP contribution in [0.2, 0.25) is 0 Å². The number of aromatic amines is 1. The van der Waals surface area contributed by atoms with Crippen molar-refractivity contribution in [3.8, 4) is 0 Å². The van der Waals surface area contributed by atoms with Crippen LogP contribution in [-0.2, 0) is 0 Å². The van der Waals surface area contributed by atoms with Crippen LogP contribution in [0.1, 0.15) is 17.3 Å². The molecule has 1 aromatic rings. The Labute approximate surface area is 93.7 Å². The number of amidine groups is 1. The van der Waals surface area contributed by atoms with E-state index < -0.39 is 0 Å². The van der Waals surface area contributed by atoms with Crippen LogP contribution in [-0.4, -0.2) is 22.8 Å². The Morgan fingerprint density at radius 3 is 2.80 bits per heavy atom. The molecule has 0 aromatic carbocycles. The fourth-order valence-electron chi connectivity index (χ4n) is 1.44. The maximum Gasteiger partial charge on any atom is 0.145 e. The third kappa shape index (κ3) is 2.90. The Balaban J connectivity index is 2.91. The zero-order valence-electron chi connectivity index (χ0n) is 8.95. The third-order valence-corrected chi connectivity index (χ3v) is 2.85. The maximum absolute atomic E-state index is 5.37. The number of H-pyrrole nitrogens is 1. The number of hydrogen-bond acceptors (Lipinski definition) is 4. The van der Waals surface area contributed by atoms with Gasteiger partial charge in [-0.1, -0.05) is 0 Å². The lowest BCUT2D eigenvalue weighted by atomic mass is 10.1. The van der Waals surface area contributed by atoms with Crippen LogP contribution in [0.5, 0.6) is 0 Å². The minimum atomic E-state index is 0.0868. The summed E-state index contributed by atoms with van der Waals surface area (Å²) in [5, 5.41) is 3.66. The van der Waals surface area contributed by atoms with Gasteiger partial charge in [-0.25, -0.2) is 5.84 Å². The van der Waals surface area contributed by atoms with Crippen molar-refractivity contribution in [2.75, 3.05) is 12.0 Å². The Bertz CT molecular complexity index is 333. The number of aryl methyl sites for hydroxylation is 1. The summed E-state index contributed by atoms with van der Waals surface area (Å²) in [6, 6.07) is 4.05. The Hall–Kier alpha value is -1.14. The maximum atomic E-state index is 5.37. The first-order valence-corrected chi connectivity index (χ1v) is 6.01. The highest BCUT2D eigenvalue weighted by atomic mass is 32.2. The Morgan fingerprint density at radius 1 is 1.67 bits per heavy atom. The Kier molecular flexibility index (Phi) is 4.51. The average Bonchev–Trinajstić information content (AvgIpc) is 2.65. The fraction of sp³-hybridized carbons (Fsp3) is 0.444. The highest BCUT2D eigenvalue weighted by molar-refractivity contribution is 7.98. The lowest BCUT2D eigenvalue weighted by molar-refractivity contribution is 0.870. The van der Waals surface area contributed by atoms with E-state index in [0.29, 0.717) is 5.84 Å². The molecule has 6 N–H and O–H groups in total. The summed E-state index contributed by atoms with van der Waals surface area (Å²) in [6.07, 6.45) is 2.04. The molecule has 0 bridgehead atoms. The van der Waals surface area contributed by atoms with Gasteiger partial charge in [-0.3, -0.25) is 0 Å². The van der Waals surface area contributed by atoms with E-state index in [-0.39, 0.29) is 5.92 Å². The van der Waals surface area contributed by atoms with Gasteiger partial charge in [0, 0.05) is 17.1 Å². The number of thioether (sulfide) groups is 1. The molecule has 0 amide bonds. The first kappa shape index (κ1) is 11.9. The van der Waals surface area contributed by atoms with Crippen LogP contribution in [0.25, 0.3) is 0 Å². The Morgan fingerprint density at radius 2 is 2.40 bits per heavy atom. The van der Waals surface area contributed by atoms with Gasteiger partial charge in [-0.15, -0.1) is 0 Å². The smallest absolute Gasteiger partial charge is 0.145 e. The zero-order chi connectivity index (χ0) is 11.3. The van der Waals surface area contributed by atoms with Gasteiger partial charge in [-0.2, -0.15) is 16.9 Å². The van der Waals surface area contributed by atoms with Crippen molar-refractivity contribution in [3.05, 3.63) is 23.5 Å². The molecule has 1 rings (SSSR count). The van der Waals surface area contributed by atoms with Crippen molar-refractivity contribution in [1.82, 2.24) is 10.4 Å². The molecular formula is C9H17N5S. The van der Waals surface area contributed by atoms with Crippen LogP contribution in [0.15, 0.2) is 17.2 Å². The van der Waals surface area contributed by atoms with Gasteiger partial charge in [0.1, 0.15) is 5.84 Å². The second kappa shape index (κ2) is 5.67. The van der Waals surface area contributed by atoms with Crippen LogP contribution < -0.4 is 17.1 Å². The number of hydrazone groups is 1. The monoisotopic (exact) mass is 227 g/mol. The topological polar surface area (TPSA) is 92.2 Å². The summed E-state index contributed by atoms with van der Waals surface area (Å²) in [5.74, 6) is 12.2. The average molecular weight is 227 g/mol. The molecule has 0 fully saturated rings. The van der Waals surface area contributed by atoms with Gasteiger partial charge in [0.25, 0.3) is 0 Å². The molecule has 15 heavy (non-hydrogen) atoms. The molecule has 1 aromatic heterocycles. The minimum Gasteiger partial charge on any atom is -0.362 e. The minimum absolute atomic E-state index is 0.0868. The lowest BCUT2D eigenvalue weighted by Crippen LogP contribution is -2.37. The quantitative estimate of drug-likeness (QED) is 0.261. The van der Waals surface area contributed by atoms with E-state index in [4.69, 9.17) is 11.7 Å². The first-order chi connectivity index (χ1) is 7.22. The number of rotatable bonds is 4. The first-order valence-electron chi connectivity index (χ1n) is 4.61. The van der Waals surface area contributed by atoms with Gasteiger partial charge in [-0.05, 0) is 25.3 Å². The van der Waals surface area contributed by atoms with Crippen molar-refractivity contribution in [3.63, 3.8) is 0 Å². The lowest BCUT2D eigenvalue weighted by Gasteiger charge is -2.15. The predicted octanol–water partition coefficient (Wildman–Crippen LogP) is 0.505. The molecule has 0 radical (unpaired) electrons. The van der Waals surface area contributed by atoms with Gasteiger partial charge < -0.3 is 16.3 Å². The normalized spacial score (nSPS) is 13.9. The van der Waals surface area contributed by atoms with E-state index in [1.807, 2.05) is 25.3 Å². The van der Waals surface area contributed by atoms with E-state index in [1.54, 1.807) is 11.8 Å². The fourth-order valence-corrected chi connectivity index (χ4v) is 2.11. The molecule has 0 aliphatic heterocycles. The van der Waals surface area contributed by atoms with Gasteiger partial charge in [0.15, 0.2) is 0 Å². The number of nitrogens with two attached hydrogens (primary N) is 2. The molecule has 6 heteroatoms. The van der Waals surface area contributed by atoms with Gasteiger partial charge >= 0.3 is 0 Å².